The van der Waals surface area contributed by atoms with E-state index < -0.39 is 0 Å². The van der Waals surface area contributed by atoms with E-state index in [4.69, 9.17) is 9.40 Å². The van der Waals surface area contributed by atoms with Gasteiger partial charge in [0, 0.05) is 55.6 Å². The maximum atomic E-state index is 5.40. The van der Waals surface area contributed by atoms with Crippen molar-refractivity contribution in [1.82, 2.24) is 24.6 Å². The summed E-state index contributed by atoms with van der Waals surface area (Å²) in [6, 6.07) is 3.76. The molecule has 130 valence electrons. The largest absolute Gasteiger partial charge is 0.461 e. The van der Waals surface area contributed by atoms with E-state index in [1.165, 1.54) is 16.8 Å². The van der Waals surface area contributed by atoms with E-state index in [2.05, 4.69) is 33.5 Å². The number of furan rings is 1. The fourth-order valence-corrected chi connectivity index (χ4v) is 3.35. The van der Waals surface area contributed by atoms with E-state index in [1.807, 2.05) is 24.5 Å². The van der Waals surface area contributed by atoms with Crippen molar-refractivity contribution in [2.75, 3.05) is 6.54 Å². The van der Waals surface area contributed by atoms with Crippen LogP contribution in [-0.2, 0) is 26.1 Å². The zero-order valence-electron chi connectivity index (χ0n) is 14.8. The van der Waals surface area contributed by atoms with Gasteiger partial charge in [0.05, 0.1) is 18.2 Å². The van der Waals surface area contributed by atoms with Crippen molar-refractivity contribution >= 4 is 0 Å². The van der Waals surface area contributed by atoms with Gasteiger partial charge in [0.2, 0.25) is 0 Å². The molecular formula is C19H23N5O. The number of rotatable bonds is 5. The van der Waals surface area contributed by atoms with Crippen LogP contribution in [0.2, 0.25) is 0 Å². The molecule has 0 aromatic carbocycles. The summed E-state index contributed by atoms with van der Waals surface area (Å²) in [7, 11) is 0. The molecule has 3 aromatic heterocycles. The predicted molar refractivity (Wildman–Crippen MR) is 94.8 cm³/mol. The summed E-state index contributed by atoms with van der Waals surface area (Å²) in [5.74, 6) is 1.40. The molecule has 4 rings (SSSR count). The summed E-state index contributed by atoms with van der Waals surface area (Å²) in [5.41, 5.74) is 4.93. The van der Waals surface area contributed by atoms with Gasteiger partial charge in [-0.15, -0.1) is 0 Å². The minimum absolute atomic E-state index is 0.675. The van der Waals surface area contributed by atoms with Crippen molar-refractivity contribution < 1.29 is 4.42 Å². The standard InChI is InChI=1S/C19H23N5O/c1-3-7-24-14(2)15(11-21-24)12-23-8-6-17-16(13-23)10-20-19(22-17)18-5-4-9-25-18/h4-5,9-11H,3,6-8,12-13H2,1-2H3. The van der Waals surface area contributed by atoms with E-state index in [9.17, 15) is 0 Å². The molecule has 0 spiro atoms. The van der Waals surface area contributed by atoms with Gasteiger partial charge in [-0.25, -0.2) is 9.97 Å². The summed E-state index contributed by atoms with van der Waals surface area (Å²) < 4.78 is 7.50. The molecule has 25 heavy (non-hydrogen) atoms. The predicted octanol–water partition coefficient (Wildman–Crippen LogP) is 3.21. The zero-order valence-corrected chi connectivity index (χ0v) is 14.8. The molecular weight excluding hydrogens is 314 g/mol. The van der Waals surface area contributed by atoms with Gasteiger partial charge in [-0.05, 0) is 25.5 Å². The second-order valence-electron chi connectivity index (χ2n) is 6.58. The minimum atomic E-state index is 0.675. The van der Waals surface area contributed by atoms with E-state index in [1.54, 1.807) is 6.26 Å². The van der Waals surface area contributed by atoms with Gasteiger partial charge in [-0.2, -0.15) is 5.10 Å². The highest BCUT2D eigenvalue weighted by Gasteiger charge is 2.20. The second-order valence-corrected chi connectivity index (χ2v) is 6.58. The third-order valence-electron chi connectivity index (χ3n) is 4.79. The third-order valence-corrected chi connectivity index (χ3v) is 4.79. The summed E-state index contributed by atoms with van der Waals surface area (Å²) in [4.78, 5) is 11.6. The fourth-order valence-electron chi connectivity index (χ4n) is 3.35. The first kappa shape index (κ1) is 16.0. The Morgan fingerprint density at radius 1 is 1.28 bits per heavy atom. The van der Waals surface area contributed by atoms with Crippen LogP contribution in [0.25, 0.3) is 11.6 Å². The van der Waals surface area contributed by atoms with Crippen LogP contribution in [0.3, 0.4) is 0 Å². The molecule has 0 aliphatic carbocycles. The number of hydrogen-bond acceptors (Lipinski definition) is 5. The van der Waals surface area contributed by atoms with Crippen LogP contribution in [0.4, 0.5) is 0 Å². The molecule has 1 aliphatic rings. The topological polar surface area (TPSA) is 60.0 Å². The molecule has 3 aromatic rings. The minimum Gasteiger partial charge on any atom is -0.461 e. The van der Waals surface area contributed by atoms with Crippen LogP contribution >= 0.6 is 0 Å². The lowest BCUT2D eigenvalue weighted by Gasteiger charge is -2.27. The van der Waals surface area contributed by atoms with E-state index in [0.717, 1.165) is 50.5 Å². The van der Waals surface area contributed by atoms with Crippen molar-refractivity contribution in [2.45, 2.75) is 46.3 Å². The Morgan fingerprint density at radius 3 is 3.00 bits per heavy atom. The summed E-state index contributed by atoms with van der Waals surface area (Å²) in [6.07, 6.45) is 7.65. The maximum absolute atomic E-state index is 5.40. The van der Waals surface area contributed by atoms with Crippen molar-refractivity contribution in [2.24, 2.45) is 0 Å². The lowest BCUT2D eigenvalue weighted by atomic mass is 10.1. The van der Waals surface area contributed by atoms with Crippen LogP contribution in [0.1, 0.15) is 35.9 Å². The first-order valence-corrected chi connectivity index (χ1v) is 8.87. The van der Waals surface area contributed by atoms with E-state index in [0.29, 0.717) is 5.82 Å². The van der Waals surface area contributed by atoms with Gasteiger partial charge < -0.3 is 4.42 Å². The first-order valence-electron chi connectivity index (χ1n) is 8.87. The Balaban J connectivity index is 1.48. The highest BCUT2D eigenvalue weighted by atomic mass is 16.3. The Kier molecular flexibility index (Phi) is 4.36. The van der Waals surface area contributed by atoms with Gasteiger partial charge in [0.1, 0.15) is 0 Å². The Hall–Kier alpha value is -2.47. The van der Waals surface area contributed by atoms with Crippen LogP contribution in [-0.4, -0.2) is 31.2 Å². The van der Waals surface area contributed by atoms with Gasteiger partial charge in [0.25, 0.3) is 0 Å². The SMILES string of the molecule is CCCn1ncc(CN2CCc3nc(-c4ccco4)ncc3C2)c1C. The molecule has 0 saturated heterocycles. The smallest absolute Gasteiger partial charge is 0.195 e. The van der Waals surface area contributed by atoms with Crippen LogP contribution in [0.5, 0.6) is 0 Å². The Labute approximate surface area is 147 Å². The number of aromatic nitrogens is 4. The molecule has 0 amide bonds. The lowest BCUT2D eigenvalue weighted by Crippen LogP contribution is -2.31. The molecule has 0 atom stereocenters. The monoisotopic (exact) mass is 337 g/mol. The number of fused-ring (bicyclic) bond motifs is 1. The molecule has 0 saturated carbocycles. The molecule has 6 nitrogen and oxygen atoms in total. The van der Waals surface area contributed by atoms with E-state index in [-0.39, 0.29) is 0 Å². The van der Waals surface area contributed by atoms with Gasteiger partial charge in [-0.1, -0.05) is 6.92 Å². The number of aryl methyl sites for hydroxylation is 1. The van der Waals surface area contributed by atoms with Crippen molar-refractivity contribution in [3.8, 4) is 11.6 Å². The van der Waals surface area contributed by atoms with Crippen LogP contribution < -0.4 is 0 Å². The highest BCUT2D eigenvalue weighted by Crippen LogP contribution is 2.23. The summed E-state index contributed by atoms with van der Waals surface area (Å²) in [5, 5.41) is 4.51. The van der Waals surface area contributed by atoms with Crippen molar-refractivity contribution in [1.29, 1.82) is 0 Å². The average molecular weight is 337 g/mol. The van der Waals surface area contributed by atoms with Crippen molar-refractivity contribution in [3.63, 3.8) is 0 Å². The normalized spacial score (nSPS) is 14.6. The number of hydrogen-bond donors (Lipinski definition) is 0. The highest BCUT2D eigenvalue weighted by molar-refractivity contribution is 5.46. The molecule has 4 heterocycles. The molecule has 1 aliphatic heterocycles. The second kappa shape index (κ2) is 6.80. The zero-order chi connectivity index (χ0) is 17.2. The van der Waals surface area contributed by atoms with Crippen molar-refractivity contribution in [3.05, 3.63) is 53.3 Å². The summed E-state index contributed by atoms with van der Waals surface area (Å²) >= 11 is 0. The van der Waals surface area contributed by atoms with Gasteiger partial charge >= 0.3 is 0 Å². The summed E-state index contributed by atoms with van der Waals surface area (Å²) in [6.45, 7) is 8.13. The number of nitrogens with zero attached hydrogens (tertiary/aromatic N) is 5. The van der Waals surface area contributed by atoms with Gasteiger partial charge in [0.15, 0.2) is 11.6 Å². The Morgan fingerprint density at radius 2 is 2.20 bits per heavy atom. The van der Waals surface area contributed by atoms with Crippen LogP contribution in [0.15, 0.2) is 35.2 Å². The molecule has 0 bridgehead atoms. The molecule has 0 N–H and O–H groups in total. The van der Waals surface area contributed by atoms with Gasteiger partial charge in [-0.3, -0.25) is 9.58 Å². The molecule has 0 fully saturated rings. The fraction of sp³-hybridized carbons (Fsp3) is 0.421. The maximum Gasteiger partial charge on any atom is 0.195 e. The quantitative estimate of drug-likeness (QED) is 0.715. The molecule has 0 radical (unpaired) electrons. The molecule has 6 heteroatoms. The average Bonchev–Trinajstić information content (AvgIpc) is 3.27. The van der Waals surface area contributed by atoms with Crippen LogP contribution in [0, 0.1) is 6.92 Å². The third kappa shape index (κ3) is 3.22. The Bertz CT molecular complexity index is 853. The molecule has 0 unspecified atom stereocenters. The van der Waals surface area contributed by atoms with E-state index >= 15 is 0 Å². The lowest BCUT2D eigenvalue weighted by molar-refractivity contribution is 0.242. The first-order chi connectivity index (χ1) is 12.2.